The number of unbranched alkanes of at least 4 members (excludes halogenated alkanes) is 1. The van der Waals surface area contributed by atoms with E-state index in [1.54, 1.807) is 6.07 Å². The average molecular weight is 500 g/mol. The second-order valence-corrected chi connectivity index (χ2v) is 8.81. The van der Waals surface area contributed by atoms with E-state index in [2.05, 4.69) is 12.2 Å². The van der Waals surface area contributed by atoms with Crippen LogP contribution in [0.5, 0.6) is 11.5 Å². The third-order valence-electron chi connectivity index (χ3n) is 4.73. The van der Waals surface area contributed by atoms with Crippen molar-refractivity contribution in [2.45, 2.75) is 45.3 Å². The topological polar surface area (TPSA) is 196 Å². The van der Waals surface area contributed by atoms with Gasteiger partial charge in [-0.1, -0.05) is 23.8 Å². The number of aliphatic hydroxyl groups is 1. The van der Waals surface area contributed by atoms with Crippen molar-refractivity contribution in [2.24, 2.45) is 0 Å². The van der Waals surface area contributed by atoms with Gasteiger partial charge in [0.2, 0.25) is 0 Å². The second-order valence-electron chi connectivity index (χ2n) is 7.83. The number of phenols is 2. The molecule has 0 fully saturated rings. The quantitative estimate of drug-likeness (QED) is 0.143. The molecule has 34 heavy (non-hydrogen) atoms. The van der Waals surface area contributed by atoms with Gasteiger partial charge in [0.1, 0.15) is 12.6 Å². The zero-order chi connectivity index (χ0) is 25.7. The van der Waals surface area contributed by atoms with E-state index in [-0.39, 0.29) is 11.5 Å². The predicted octanol–water partition coefficient (Wildman–Crippen LogP) is 1.25. The lowest BCUT2D eigenvalue weighted by atomic mass is 10.1. The summed E-state index contributed by atoms with van der Waals surface area (Å²) in [6.07, 6.45) is 1.43. The molecule has 0 aromatic heterocycles. The SMILES string of the molecule is Cc1ccc(NC(=O)OCCCCC(C)[NH2+]CC(O)c2ccc(O)c(O)c2)cc1.O=P([O-])(O)O. The minimum atomic E-state index is -4.89. The first kappa shape index (κ1) is 29.4. The van der Waals surface area contributed by atoms with Crippen molar-refractivity contribution in [3.63, 3.8) is 0 Å². The number of ether oxygens (including phenoxy) is 1. The van der Waals surface area contributed by atoms with Crippen LogP contribution < -0.4 is 15.5 Å². The number of carbonyl (C=O) groups is 1. The number of hydrogen-bond donors (Lipinski definition) is 7. The zero-order valence-corrected chi connectivity index (χ0v) is 20.0. The number of aromatic hydroxyl groups is 2. The monoisotopic (exact) mass is 500 g/mol. The van der Waals surface area contributed by atoms with Gasteiger partial charge >= 0.3 is 6.09 Å². The van der Waals surface area contributed by atoms with Crippen LogP contribution in [-0.4, -0.2) is 50.4 Å². The van der Waals surface area contributed by atoms with E-state index in [0.717, 1.165) is 24.8 Å². The van der Waals surface area contributed by atoms with Crippen molar-refractivity contribution >= 4 is 19.6 Å². The highest BCUT2D eigenvalue weighted by Gasteiger charge is 2.14. The maximum absolute atomic E-state index is 11.8. The van der Waals surface area contributed by atoms with E-state index >= 15 is 0 Å². The standard InChI is InChI=1S/C22H30N2O5.H3O4P/c1-15-6-9-18(10-7-15)24-22(28)29-12-4-3-5-16(2)23-14-21(27)17-8-11-19(25)20(26)13-17;1-5(2,3)4/h6-11,13,16,21,23,25-27H,3-5,12,14H2,1-2H3,(H,24,28);(H3,1,2,3,4). The first-order valence-corrected chi connectivity index (χ1v) is 12.2. The van der Waals surface area contributed by atoms with Crippen molar-refractivity contribution in [1.82, 2.24) is 0 Å². The maximum Gasteiger partial charge on any atom is 0.411 e. The molecule has 2 unspecified atom stereocenters. The normalized spacial score (nSPS) is 12.8. The highest BCUT2D eigenvalue weighted by atomic mass is 31.2. The molecule has 2 aromatic rings. The van der Waals surface area contributed by atoms with Crippen LogP contribution in [0.1, 0.15) is 43.4 Å². The molecule has 11 nitrogen and oxygen atoms in total. The van der Waals surface area contributed by atoms with Crippen LogP contribution in [-0.2, 0) is 9.30 Å². The summed E-state index contributed by atoms with van der Waals surface area (Å²) in [6.45, 7) is 4.88. The molecule has 0 aliphatic rings. The number of phosphoric acid groups is 1. The summed E-state index contributed by atoms with van der Waals surface area (Å²) in [5.74, 6) is -0.436. The van der Waals surface area contributed by atoms with Gasteiger partial charge in [-0.3, -0.25) is 9.88 Å². The summed E-state index contributed by atoms with van der Waals surface area (Å²) in [5, 5.41) is 33.8. The molecule has 0 aliphatic heterocycles. The largest absolute Gasteiger partial charge is 0.756 e. The summed E-state index contributed by atoms with van der Waals surface area (Å²) >= 11 is 0. The molecular weight excluding hydrogens is 467 g/mol. The van der Waals surface area contributed by atoms with Gasteiger partial charge in [0.25, 0.3) is 7.82 Å². The fourth-order valence-corrected chi connectivity index (χ4v) is 2.89. The van der Waals surface area contributed by atoms with Gasteiger partial charge in [-0.25, -0.2) is 4.79 Å². The number of hydrogen-bond acceptors (Lipinski definition) is 7. The number of quaternary nitrogens is 1. The molecule has 0 saturated heterocycles. The number of aliphatic hydroxyl groups excluding tert-OH is 1. The Balaban J connectivity index is 0.00000104. The highest BCUT2D eigenvalue weighted by molar-refractivity contribution is 7.43. The van der Waals surface area contributed by atoms with Crippen LogP contribution in [0.2, 0.25) is 0 Å². The average Bonchev–Trinajstić information content (AvgIpc) is 2.74. The molecule has 2 rings (SSSR count). The van der Waals surface area contributed by atoms with Crippen LogP contribution in [0.4, 0.5) is 10.5 Å². The summed E-state index contributed by atoms with van der Waals surface area (Å²) in [7, 11) is -4.89. The molecule has 2 atom stereocenters. The summed E-state index contributed by atoms with van der Waals surface area (Å²) < 4.78 is 14.0. The number of benzene rings is 2. The number of carbonyl (C=O) groups excluding carboxylic acids is 1. The van der Waals surface area contributed by atoms with E-state index in [9.17, 15) is 20.1 Å². The first-order valence-electron chi connectivity index (χ1n) is 10.7. The Morgan fingerprint density at radius 1 is 1.12 bits per heavy atom. The van der Waals surface area contributed by atoms with E-state index in [1.807, 2.05) is 36.5 Å². The lowest BCUT2D eigenvalue weighted by Crippen LogP contribution is -2.90. The molecule has 8 N–H and O–H groups in total. The van der Waals surface area contributed by atoms with E-state index in [1.165, 1.54) is 12.1 Å². The lowest BCUT2D eigenvalue weighted by molar-refractivity contribution is -0.693. The Kier molecular flexibility index (Phi) is 12.6. The molecule has 0 saturated carbocycles. The van der Waals surface area contributed by atoms with Gasteiger partial charge in [0.05, 0.1) is 12.6 Å². The van der Waals surface area contributed by atoms with Gasteiger partial charge in [-0.05, 0) is 62.9 Å². The van der Waals surface area contributed by atoms with Gasteiger partial charge in [0, 0.05) is 5.69 Å². The van der Waals surface area contributed by atoms with Crippen molar-refractivity contribution in [3.05, 3.63) is 53.6 Å². The first-order chi connectivity index (χ1) is 15.8. The van der Waals surface area contributed by atoms with Crippen LogP contribution in [0.3, 0.4) is 0 Å². The summed E-state index contributed by atoms with van der Waals surface area (Å²) in [4.78, 5) is 34.7. The Morgan fingerprint density at radius 3 is 2.32 bits per heavy atom. The second kappa shape index (κ2) is 14.6. The smallest absolute Gasteiger partial charge is 0.411 e. The number of nitrogens with two attached hydrogens (primary N) is 1. The van der Waals surface area contributed by atoms with E-state index < -0.39 is 20.0 Å². The molecule has 1 amide bonds. The van der Waals surface area contributed by atoms with Crippen molar-refractivity contribution in [3.8, 4) is 11.5 Å². The van der Waals surface area contributed by atoms with Crippen molar-refractivity contribution < 1.29 is 49.4 Å². The minimum Gasteiger partial charge on any atom is -0.756 e. The summed E-state index contributed by atoms with van der Waals surface area (Å²) in [5.41, 5.74) is 2.41. The van der Waals surface area contributed by atoms with Crippen LogP contribution in [0.15, 0.2) is 42.5 Å². The molecule has 0 bridgehead atoms. The molecule has 12 heteroatoms. The van der Waals surface area contributed by atoms with Crippen molar-refractivity contribution in [2.75, 3.05) is 18.5 Å². The van der Waals surface area contributed by atoms with Crippen LogP contribution in [0.25, 0.3) is 0 Å². The van der Waals surface area contributed by atoms with E-state index in [0.29, 0.717) is 30.4 Å². The van der Waals surface area contributed by atoms with Crippen LogP contribution in [0, 0.1) is 6.92 Å². The Hall–Kier alpha value is -2.66. The Labute approximate surface area is 198 Å². The number of amides is 1. The maximum atomic E-state index is 11.8. The third-order valence-corrected chi connectivity index (χ3v) is 4.73. The number of rotatable bonds is 10. The molecular formula is C22H33N2O9P. The number of nitrogens with one attached hydrogen (secondary N) is 1. The lowest BCUT2D eigenvalue weighted by Gasteiger charge is -2.15. The Morgan fingerprint density at radius 2 is 1.74 bits per heavy atom. The highest BCUT2D eigenvalue weighted by Crippen LogP contribution is 2.27. The van der Waals surface area contributed by atoms with E-state index in [4.69, 9.17) is 24.0 Å². The molecule has 0 heterocycles. The van der Waals surface area contributed by atoms with Gasteiger partial charge in [0.15, 0.2) is 11.5 Å². The Bertz CT molecular complexity index is 926. The van der Waals surface area contributed by atoms with Crippen molar-refractivity contribution in [1.29, 1.82) is 0 Å². The molecule has 0 aliphatic carbocycles. The predicted molar refractivity (Wildman–Crippen MR) is 123 cm³/mol. The number of phenolic OH excluding ortho intramolecular Hbond substituents is 2. The van der Waals surface area contributed by atoms with Gasteiger partial charge in [-0.2, -0.15) is 0 Å². The molecule has 0 spiro atoms. The fraction of sp³-hybridized carbons (Fsp3) is 0.409. The summed E-state index contributed by atoms with van der Waals surface area (Å²) in [6, 6.07) is 12.2. The van der Waals surface area contributed by atoms with Gasteiger partial charge < -0.3 is 40.1 Å². The van der Waals surface area contributed by atoms with Crippen LogP contribution >= 0.6 is 7.82 Å². The molecule has 2 aromatic carbocycles. The minimum absolute atomic E-state index is 0.201. The number of anilines is 1. The fourth-order valence-electron chi connectivity index (χ4n) is 2.89. The molecule has 0 radical (unpaired) electrons. The van der Waals surface area contributed by atoms with Gasteiger partial charge in [-0.15, -0.1) is 0 Å². The third kappa shape index (κ3) is 13.8. The number of aryl methyl sites for hydroxylation is 1. The zero-order valence-electron chi connectivity index (χ0n) is 19.1. The molecule has 190 valence electrons.